The average molecular weight is 525 g/mol. The van der Waals surface area contributed by atoms with Crippen molar-refractivity contribution < 1.29 is 0 Å². The van der Waals surface area contributed by atoms with Crippen molar-refractivity contribution in [3.8, 4) is 22.8 Å². The van der Waals surface area contributed by atoms with Gasteiger partial charge < -0.3 is 14.1 Å². The highest BCUT2D eigenvalue weighted by molar-refractivity contribution is 6.19. The zero-order valence-corrected chi connectivity index (χ0v) is 22.1. The number of rotatable bonds is 3. The van der Waals surface area contributed by atoms with Crippen molar-refractivity contribution in [2.45, 2.75) is 0 Å². The van der Waals surface area contributed by atoms with Crippen LogP contribution in [0.5, 0.6) is 0 Å². The van der Waals surface area contributed by atoms with Crippen molar-refractivity contribution in [2.24, 2.45) is 0 Å². The third kappa shape index (κ3) is 3.25. The predicted molar refractivity (Wildman–Crippen MR) is 170 cm³/mol. The van der Waals surface area contributed by atoms with Crippen molar-refractivity contribution in [1.29, 1.82) is 0 Å². The standard InChI is InChI=1S/C37H24N4/c1-3-11-25(12-4-1)40-33-18-10-7-15-27(33)29-22-30-28-20-19-24(37-38-31-16-8-9-17-32(31)39-37)21-34(28)41(36(30)23-35(29)40)26-13-5-2-6-14-26/h1-23H,(H,38,39). The first kappa shape index (κ1) is 22.2. The van der Waals surface area contributed by atoms with E-state index in [1.165, 1.54) is 38.1 Å². The number of fused-ring (bicyclic) bond motifs is 7. The van der Waals surface area contributed by atoms with Gasteiger partial charge in [0.15, 0.2) is 0 Å². The topological polar surface area (TPSA) is 38.5 Å². The maximum absolute atomic E-state index is 4.89. The molecule has 1 N–H and O–H groups in total. The van der Waals surface area contributed by atoms with E-state index in [2.05, 4.69) is 135 Å². The first-order chi connectivity index (χ1) is 20.3. The van der Waals surface area contributed by atoms with Gasteiger partial charge in [-0.3, -0.25) is 0 Å². The predicted octanol–water partition coefficient (Wildman–Crippen LogP) is 9.42. The molecular formula is C37H24N4. The number of hydrogen-bond acceptors (Lipinski definition) is 1. The van der Waals surface area contributed by atoms with E-state index in [4.69, 9.17) is 4.98 Å². The fourth-order valence-electron chi connectivity index (χ4n) is 6.43. The monoisotopic (exact) mass is 524 g/mol. The normalized spacial score (nSPS) is 11.9. The van der Waals surface area contributed by atoms with Crippen LogP contribution in [0.25, 0.3) is 77.4 Å². The molecule has 0 aliphatic carbocycles. The number of nitrogens with one attached hydrogen (secondary N) is 1. The molecular weight excluding hydrogens is 500 g/mol. The molecule has 192 valence electrons. The van der Waals surface area contributed by atoms with Crippen LogP contribution < -0.4 is 0 Å². The molecule has 4 heteroatoms. The maximum Gasteiger partial charge on any atom is 0.138 e. The summed E-state index contributed by atoms with van der Waals surface area (Å²) in [5.74, 6) is 0.879. The largest absolute Gasteiger partial charge is 0.338 e. The molecule has 0 saturated heterocycles. The molecule has 0 fully saturated rings. The minimum absolute atomic E-state index is 0.879. The SMILES string of the molecule is c1ccc(-n2c3ccccc3c3cc4c5ccc(-c6nc7ccccc7[nH]6)cc5n(-c5ccccc5)c4cc32)cc1. The summed E-state index contributed by atoms with van der Waals surface area (Å²) in [6.07, 6.45) is 0. The zero-order valence-electron chi connectivity index (χ0n) is 22.1. The molecule has 3 heterocycles. The lowest BCUT2D eigenvalue weighted by Crippen LogP contribution is -1.95. The van der Waals surface area contributed by atoms with Gasteiger partial charge in [0.1, 0.15) is 5.82 Å². The van der Waals surface area contributed by atoms with Crippen LogP contribution in [0.2, 0.25) is 0 Å². The highest BCUT2D eigenvalue weighted by Gasteiger charge is 2.19. The first-order valence-corrected chi connectivity index (χ1v) is 13.9. The van der Waals surface area contributed by atoms with E-state index in [9.17, 15) is 0 Å². The summed E-state index contributed by atoms with van der Waals surface area (Å²) in [5.41, 5.74) is 10.1. The van der Waals surface area contributed by atoms with Crippen molar-refractivity contribution in [3.05, 3.63) is 140 Å². The Morgan fingerprint density at radius 3 is 1.76 bits per heavy atom. The van der Waals surface area contributed by atoms with E-state index in [0.29, 0.717) is 0 Å². The van der Waals surface area contributed by atoms with E-state index in [-0.39, 0.29) is 0 Å². The Morgan fingerprint density at radius 1 is 0.439 bits per heavy atom. The third-order valence-electron chi connectivity index (χ3n) is 8.25. The van der Waals surface area contributed by atoms with Gasteiger partial charge in [-0.2, -0.15) is 0 Å². The number of H-pyrrole nitrogens is 1. The summed E-state index contributed by atoms with van der Waals surface area (Å²) in [6.45, 7) is 0. The number of hydrogen-bond donors (Lipinski definition) is 1. The fraction of sp³-hybridized carbons (Fsp3) is 0. The van der Waals surface area contributed by atoms with Gasteiger partial charge in [0.2, 0.25) is 0 Å². The number of imidazole rings is 1. The Morgan fingerprint density at radius 2 is 1.02 bits per heavy atom. The van der Waals surface area contributed by atoms with Gasteiger partial charge in [-0.25, -0.2) is 4.98 Å². The quantitative estimate of drug-likeness (QED) is 0.246. The number of para-hydroxylation sites is 5. The highest BCUT2D eigenvalue weighted by Crippen LogP contribution is 2.40. The zero-order chi connectivity index (χ0) is 26.9. The number of aromatic nitrogens is 4. The minimum atomic E-state index is 0.879. The molecule has 0 radical (unpaired) electrons. The molecule has 6 aromatic carbocycles. The molecule has 0 aliphatic heterocycles. The molecule has 0 unspecified atom stereocenters. The Labute approximate surface area is 235 Å². The van der Waals surface area contributed by atoms with Crippen LogP contribution >= 0.6 is 0 Å². The van der Waals surface area contributed by atoms with Gasteiger partial charge in [-0.1, -0.05) is 78.9 Å². The summed E-state index contributed by atoms with van der Waals surface area (Å²) in [4.78, 5) is 8.41. The van der Waals surface area contributed by atoms with Crippen molar-refractivity contribution >= 4 is 54.6 Å². The van der Waals surface area contributed by atoms with E-state index in [1.54, 1.807) is 0 Å². The summed E-state index contributed by atoms with van der Waals surface area (Å²) >= 11 is 0. The molecule has 0 amide bonds. The van der Waals surface area contributed by atoms with Crippen LogP contribution in [0.4, 0.5) is 0 Å². The third-order valence-corrected chi connectivity index (χ3v) is 8.25. The number of benzene rings is 6. The summed E-state index contributed by atoms with van der Waals surface area (Å²) in [7, 11) is 0. The van der Waals surface area contributed by atoms with Gasteiger partial charge in [0.25, 0.3) is 0 Å². The van der Waals surface area contributed by atoms with Crippen LogP contribution in [0.3, 0.4) is 0 Å². The maximum atomic E-state index is 4.89. The Kier molecular flexibility index (Phi) is 4.58. The van der Waals surface area contributed by atoms with Gasteiger partial charge in [-0.05, 0) is 60.7 Å². The second-order valence-electron chi connectivity index (χ2n) is 10.6. The smallest absolute Gasteiger partial charge is 0.138 e. The van der Waals surface area contributed by atoms with Crippen molar-refractivity contribution in [1.82, 2.24) is 19.1 Å². The molecule has 0 aliphatic rings. The van der Waals surface area contributed by atoms with Gasteiger partial charge in [-0.15, -0.1) is 0 Å². The highest BCUT2D eigenvalue weighted by atomic mass is 15.0. The molecule has 9 aromatic rings. The second-order valence-corrected chi connectivity index (χ2v) is 10.6. The molecule has 3 aromatic heterocycles. The van der Waals surface area contributed by atoms with Crippen LogP contribution in [0, 0.1) is 0 Å². The molecule has 0 bridgehead atoms. The van der Waals surface area contributed by atoms with Crippen LogP contribution in [0.1, 0.15) is 0 Å². The summed E-state index contributed by atoms with van der Waals surface area (Å²) < 4.78 is 4.78. The Bertz CT molecular complexity index is 2370. The first-order valence-electron chi connectivity index (χ1n) is 13.9. The lowest BCUT2D eigenvalue weighted by atomic mass is 10.1. The van der Waals surface area contributed by atoms with Crippen LogP contribution in [-0.2, 0) is 0 Å². The molecule has 9 rings (SSSR count). The van der Waals surface area contributed by atoms with E-state index in [1.807, 2.05) is 18.2 Å². The number of nitrogens with zero attached hydrogens (tertiary/aromatic N) is 3. The van der Waals surface area contributed by atoms with Crippen molar-refractivity contribution in [3.63, 3.8) is 0 Å². The lowest BCUT2D eigenvalue weighted by Gasteiger charge is -2.10. The average Bonchev–Trinajstić information content (AvgIpc) is 3.70. The van der Waals surface area contributed by atoms with E-state index < -0.39 is 0 Å². The fourth-order valence-corrected chi connectivity index (χ4v) is 6.43. The summed E-state index contributed by atoms with van der Waals surface area (Å²) in [6, 6.07) is 49.7. The summed E-state index contributed by atoms with van der Waals surface area (Å²) in [5, 5.41) is 4.98. The molecule has 0 atom stereocenters. The van der Waals surface area contributed by atoms with Crippen LogP contribution in [0.15, 0.2) is 140 Å². The second kappa shape index (κ2) is 8.44. The van der Waals surface area contributed by atoms with Crippen molar-refractivity contribution in [2.75, 3.05) is 0 Å². The van der Waals surface area contributed by atoms with Crippen LogP contribution in [-0.4, -0.2) is 19.1 Å². The Balaban J connectivity index is 1.40. The van der Waals surface area contributed by atoms with E-state index >= 15 is 0 Å². The number of aromatic amines is 1. The van der Waals surface area contributed by atoms with Gasteiger partial charge in [0, 0.05) is 38.5 Å². The molecule has 4 nitrogen and oxygen atoms in total. The minimum Gasteiger partial charge on any atom is -0.338 e. The molecule has 41 heavy (non-hydrogen) atoms. The van der Waals surface area contributed by atoms with E-state index in [0.717, 1.165) is 39.3 Å². The molecule has 0 saturated carbocycles. The Hall–Kier alpha value is -5.61. The van der Waals surface area contributed by atoms with Gasteiger partial charge >= 0.3 is 0 Å². The molecule has 0 spiro atoms. The van der Waals surface area contributed by atoms with Gasteiger partial charge in [0.05, 0.1) is 33.1 Å². The lowest BCUT2D eigenvalue weighted by molar-refractivity contribution is 1.16.